The smallest absolute Gasteiger partial charge is 0.229 e. The van der Waals surface area contributed by atoms with Gasteiger partial charge in [0.05, 0.1) is 34.9 Å². The van der Waals surface area contributed by atoms with Gasteiger partial charge >= 0.3 is 0 Å². The van der Waals surface area contributed by atoms with Gasteiger partial charge in [-0.2, -0.15) is 0 Å². The van der Waals surface area contributed by atoms with E-state index in [1.165, 1.54) is 0 Å². The molecule has 0 saturated carbocycles. The number of halogens is 1. The van der Waals surface area contributed by atoms with Gasteiger partial charge in [-0.3, -0.25) is 4.79 Å². The molecule has 158 valence electrons. The van der Waals surface area contributed by atoms with Gasteiger partial charge in [0.15, 0.2) is 5.13 Å². The van der Waals surface area contributed by atoms with Crippen molar-refractivity contribution < 1.29 is 14.3 Å². The summed E-state index contributed by atoms with van der Waals surface area (Å²) >= 11 is 7.81. The van der Waals surface area contributed by atoms with Crippen molar-refractivity contribution >= 4 is 49.9 Å². The molecule has 1 N–H and O–H groups in total. The van der Waals surface area contributed by atoms with E-state index in [-0.39, 0.29) is 11.8 Å². The van der Waals surface area contributed by atoms with Crippen LogP contribution in [0.1, 0.15) is 19.8 Å². The number of aromatic nitrogens is 1. The zero-order valence-electron chi connectivity index (χ0n) is 17.0. The fourth-order valence-corrected chi connectivity index (χ4v) is 4.92. The van der Waals surface area contributed by atoms with E-state index in [2.05, 4.69) is 10.2 Å². The first kappa shape index (κ1) is 20.8. The summed E-state index contributed by atoms with van der Waals surface area (Å²) in [5, 5.41) is 4.41. The number of fused-ring (bicyclic) bond motifs is 1. The average molecular weight is 446 g/mol. The molecule has 2 heterocycles. The number of nitrogens with one attached hydrogen (secondary N) is 1. The number of carbonyl (C=O) groups is 1. The number of hydrogen-bond donors (Lipinski definition) is 1. The number of nitrogens with zero attached hydrogens (tertiary/aromatic N) is 2. The molecule has 1 saturated heterocycles. The minimum atomic E-state index is -0.106. The van der Waals surface area contributed by atoms with E-state index < -0.39 is 0 Å². The number of hydrogen-bond acceptors (Lipinski definition) is 6. The normalized spacial score (nSPS) is 16.5. The minimum Gasteiger partial charge on any atom is -0.495 e. The van der Waals surface area contributed by atoms with Crippen molar-refractivity contribution in [2.45, 2.75) is 19.8 Å². The Morgan fingerprint density at radius 2 is 2.20 bits per heavy atom. The third-order valence-corrected chi connectivity index (χ3v) is 6.52. The van der Waals surface area contributed by atoms with Gasteiger partial charge in [0.25, 0.3) is 0 Å². The largest absolute Gasteiger partial charge is 0.495 e. The number of benzene rings is 2. The maximum absolute atomic E-state index is 12.9. The highest BCUT2D eigenvalue weighted by Gasteiger charge is 2.27. The van der Waals surface area contributed by atoms with Crippen molar-refractivity contribution in [1.82, 2.24) is 4.98 Å². The lowest BCUT2D eigenvalue weighted by Crippen LogP contribution is -2.40. The highest BCUT2D eigenvalue weighted by atomic mass is 35.5. The van der Waals surface area contributed by atoms with E-state index in [1.807, 2.05) is 25.1 Å². The van der Waals surface area contributed by atoms with Gasteiger partial charge in [0, 0.05) is 18.8 Å². The first-order valence-corrected chi connectivity index (χ1v) is 11.2. The number of rotatable bonds is 6. The molecular weight excluding hydrogens is 422 g/mol. The van der Waals surface area contributed by atoms with Gasteiger partial charge < -0.3 is 19.7 Å². The van der Waals surface area contributed by atoms with Gasteiger partial charge in [-0.25, -0.2) is 4.98 Å². The summed E-state index contributed by atoms with van der Waals surface area (Å²) < 4.78 is 11.8. The second-order valence-corrected chi connectivity index (χ2v) is 8.60. The molecule has 4 rings (SSSR count). The predicted octanol–water partition coefficient (Wildman–Crippen LogP) is 5.21. The standard InChI is InChI=1S/C22H24ClN3O3S/c1-3-29-16-7-8-18-20(12-16)30-22(25-18)26-10-4-5-14(13-26)21(27)24-15-6-9-19(28-2)17(23)11-15/h6-9,11-12,14H,3-5,10,13H2,1-2H3,(H,24,27). The summed E-state index contributed by atoms with van der Waals surface area (Å²) in [6.07, 6.45) is 1.80. The molecule has 1 aliphatic heterocycles. The highest BCUT2D eigenvalue weighted by Crippen LogP contribution is 2.34. The van der Waals surface area contributed by atoms with E-state index in [4.69, 9.17) is 26.1 Å². The summed E-state index contributed by atoms with van der Waals surface area (Å²) in [4.78, 5) is 19.8. The average Bonchev–Trinajstić information content (AvgIpc) is 3.18. The molecule has 0 bridgehead atoms. The molecule has 1 unspecified atom stereocenters. The van der Waals surface area contributed by atoms with Crippen molar-refractivity contribution in [2.24, 2.45) is 5.92 Å². The maximum atomic E-state index is 12.9. The molecule has 0 radical (unpaired) electrons. The van der Waals surface area contributed by atoms with Gasteiger partial charge in [0.2, 0.25) is 5.91 Å². The molecule has 3 aromatic rings. The molecule has 0 aliphatic carbocycles. The SMILES string of the molecule is CCOc1ccc2nc(N3CCCC(C(=O)Nc4ccc(OC)c(Cl)c4)C3)sc2c1. The summed E-state index contributed by atoms with van der Waals surface area (Å²) in [5.41, 5.74) is 1.63. The Bertz CT molecular complexity index is 1060. The molecule has 6 nitrogen and oxygen atoms in total. The lowest BCUT2D eigenvalue weighted by atomic mass is 9.97. The Morgan fingerprint density at radius 1 is 1.33 bits per heavy atom. The molecule has 1 atom stereocenters. The van der Waals surface area contributed by atoms with Crippen LogP contribution in [0.25, 0.3) is 10.2 Å². The Kier molecular flexibility index (Phi) is 6.29. The molecular formula is C22H24ClN3O3S. The van der Waals surface area contributed by atoms with Crippen LogP contribution in [0.5, 0.6) is 11.5 Å². The number of methoxy groups -OCH3 is 1. The van der Waals surface area contributed by atoms with Gasteiger partial charge in [-0.15, -0.1) is 0 Å². The summed E-state index contributed by atoms with van der Waals surface area (Å²) in [7, 11) is 1.57. The van der Waals surface area contributed by atoms with Crippen LogP contribution in [-0.2, 0) is 4.79 Å². The number of piperidine rings is 1. The Labute approximate surface area is 184 Å². The molecule has 1 amide bonds. The number of thiazole rings is 1. The third kappa shape index (κ3) is 4.47. The van der Waals surface area contributed by atoms with Crippen molar-refractivity contribution in [3.63, 3.8) is 0 Å². The maximum Gasteiger partial charge on any atom is 0.229 e. The molecule has 1 aliphatic rings. The first-order valence-electron chi connectivity index (χ1n) is 10.00. The lowest BCUT2D eigenvalue weighted by Gasteiger charge is -2.31. The fourth-order valence-electron chi connectivity index (χ4n) is 3.64. The van der Waals surface area contributed by atoms with Crippen LogP contribution in [0, 0.1) is 5.92 Å². The van der Waals surface area contributed by atoms with Crippen molar-refractivity contribution in [1.29, 1.82) is 0 Å². The highest BCUT2D eigenvalue weighted by molar-refractivity contribution is 7.22. The van der Waals surface area contributed by atoms with Gasteiger partial charge in [-0.1, -0.05) is 22.9 Å². The molecule has 0 spiro atoms. The topological polar surface area (TPSA) is 63.7 Å². The van der Waals surface area contributed by atoms with Gasteiger partial charge in [-0.05, 0) is 56.2 Å². The van der Waals surface area contributed by atoms with Crippen LogP contribution < -0.4 is 19.7 Å². The third-order valence-electron chi connectivity index (χ3n) is 5.14. The molecule has 2 aromatic carbocycles. The minimum absolute atomic E-state index is 0.000627. The van der Waals surface area contributed by atoms with E-state index in [0.29, 0.717) is 29.6 Å². The number of amides is 1. The predicted molar refractivity (Wildman–Crippen MR) is 122 cm³/mol. The number of ether oxygens (including phenoxy) is 2. The zero-order valence-corrected chi connectivity index (χ0v) is 18.6. The molecule has 30 heavy (non-hydrogen) atoms. The summed E-state index contributed by atoms with van der Waals surface area (Å²) in [6.45, 7) is 4.16. The number of carbonyl (C=O) groups excluding carboxylic acids is 1. The zero-order chi connectivity index (χ0) is 21.1. The van der Waals surface area contributed by atoms with Crippen molar-refractivity contribution in [3.05, 3.63) is 41.4 Å². The fraction of sp³-hybridized carbons (Fsp3) is 0.364. The van der Waals surface area contributed by atoms with E-state index in [1.54, 1.807) is 36.6 Å². The van der Waals surface area contributed by atoms with Crippen LogP contribution in [0.4, 0.5) is 10.8 Å². The van der Waals surface area contributed by atoms with Crippen LogP contribution in [0.15, 0.2) is 36.4 Å². The monoisotopic (exact) mass is 445 g/mol. The van der Waals surface area contributed by atoms with E-state index >= 15 is 0 Å². The summed E-state index contributed by atoms with van der Waals surface area (Å²) in [6, 6.07) is 11.2. The molecule has 1 fully saturated rings. The quantitative estimate of drug-likeness (QED) is 0.564. The van der Waals surface area contributed by atoms with Crippen LogP contribution in [0.2, 0.25) is 5.02 Å². The second kappa shape index (κ2) is 9.10. The van der Waals surface area contributed by atoms with E-state index in [9.17, 15) is 4.79 Å². The Morgan fingerprint density at radius 3 is 2.97 bits per heavy atom. The van der Waals surface area contributed by atoms with Crippen LogP contribution >= 0.6 is 22.9 Å². The second-order valence-electron chi connectivity index (χ2n) is 7.18. The number of anilines is 2. The summed E-state index contributed by atoms with van der Waals surface area (Å²) in [5.74, 6) is 1.34. The Hall–Kier alpha value is -2.51. The van der Waals surface area contributed by atoms with Crippen LogP contribution in [-0.4, -0.2) is 37.7 Å². The molecule has 1 aromatic heterocycles. The van der Waals surface area contributed by atoms with Crippen molar-refractivity contribution in [3.8, 4) is 11.5 Å². The van der Waals surface area contributed by atoms with Gasteiger partial charge in [0.1, 0.15) is 11.5 Å². The first-order chi connectivity index (χ1) is 14.6. The van der Waals surface area contributed by atoms with Crippen LogP contribution in [0.3, 0.4) is 0 Å². The van der Waals surface area contributed by atoms with Crippen molar-refractivity contribution in [2.75, 3.05) is 37.0 Å². The Balaban J connectivity index is 1.45. The molecule has 8 heteroatoms. The lowest BCUT2D eigenvalue weighted by molar-refractivity contribution is -0.120. The van der Waals surface area contributed by atoms with E-state index in [0.717, 1.165) is 40.5 Å².